The fraction of sp³-hybridized carbons (Fsp3) is 0.111. The van der Waals surface area contributed by atoms with E-state index in [2.05, 4.69) is 57.5 Å². The van der Waals surface area contributed by atoms with Crippen LogP contribution >= 0.6 is 27.3 Å². The quantitative estimate of drug-likeness (QED) is 0.269. The lowest BCUT2D eigenvalue weighted by Crippen LogP contribution is -2.24. The number of para-hydroxylation sites is 1. The molecule has 0 saturated carbocycles. The summed E-state index contributed by atoms with van der Waals surface area (Å²) in [5, 5.41) is 21.9. The van der Waals surface area contributed by atoms with Crippen molar-refractivity contribution in [3.8, 4) is 22.1 Å². The van der Waals surface area contributed by atoms with Gasteiger partial charge in [0.2, 0.25) is 0 Å². The number of aromatic nitrogens is 8. The Morgan fingerprint density at radius 1 is 1.05 bits per heavy atom. The van der Waals surface area contributed by atoms with Gasteiger partial charge in [-0.05, 0) is 64.1 Å². The van der Waals surface area contributed by atoms with Gasteiger partial charge in [0.25, 0.3) is 5.91 Å². The van der Waals surface area contributed by atoms with Crippen molar-refractivity contribution in [3.05, 3.63) is 112 Å². The van der Waals surface area contributed by atoms with Crippen molar-refractivity contribution in [3.63, 3.8) is 0 Å². The molecule has 0 atom stereocenters. The van der Waals surface area contributed by atoms with Crippen LogP contribution in [0.15, 0.2) is 89.1 Å². The molecule has 12 heteroatoms. The highest BCUT2D eigenvalue weighted by atomic mass is 79.9. The van der Waals surface area contributed by atoms with Crippen molar-refractivity contribution >= 4 is 33.2 Å². The summed E-state index contributed by atoms with van der Waals surface area (Å²) in [6.07, 6.45) is 5.63. The van der Waals surface area contributed by atoms with Gasteiger partial charge in [0.15, 0.2) is 5.69 Å². The van der Waals surface area contributed by atoms with E-state index in [9.17, 15) is 4.79 Å². The Hall–Kier alpha value is -4.42. The Morgan fingerprint density at radius 2 is 1.95 bits per heavy atom. The Kier molecular flexibility index (Phi) is 6.86. The maximum Gasteiger partial charge on any atom is 0.274 e. The maximum absolute atomic E-state index is 12.9. The van der Waals surface area contributed by atoms with Crippen molar-refractivity contribution in [2.45, 2.75) is 20.0 Å². The number of hydrogen-bond acceptors (Lipinski definition) is 7. The third-order valence-corrected chi connectivity index (χ3v) is 7.69. The highest BCUT2D eigenvalue weighted by Gasteiger charge is 2.18. The summed E-state index contributed by atoms with van der Waals surface area (Å²) >= 11 is 5.17. The summed E-state index contributed by atoms with van der Waals surface area (Å²) in [5.41, 5.74) is 4.34. The molecule has 39 heavy (non-hydrogen) atoms. The van der Waals surface area contributed by atoms with E-state index in [4.69, 9.17) is 0 Å². The molecule has 194 valence electrons. The molecule has 0 unspecified atom stereocenters. The molecule has 2 aromatic carbocycles. The zero-order valence-corrected chi connectivity index (χ0v) is 23.2. The number of benzene rings is 2. The Bertz CT molecular complexity index is 1750. The molecule has 0 aliphatic rings. The van der Waals surface area contributed by atoms with Crippen molar-refractivity contribution in [2.24, 2.45) is 0 Å². The minimum atomic E-state index is -0.291. The number of amides is 1. The molecule has 4 heterocycles. The van der Waals surface area contributed by atoms with Crippen LogP contribution in [-0.4, -0.2) is 45.4 Å². The molecular formula is C27H22BrN9OS. The number of carbonyl (C=O) groups is 1. The van der Waals surface area contributed by atoms with E-state index < -0.39 is 0 Å². The molecule has 0 saturated heterocycles. The van der Waals surface area contributed by atoms with Gasteiger partial charge in [-0.15, -0.1) is 21.5 Å². The summed E-state index contributed by atoms with van der Waals surface area (Å²) in [6, 6.07) is 19.5. The predicted octanol–water partition coefficient (Wildman–Crippen LogP) is 4.82. The predicted molar refractivity (Wildman–Crippen MR) is 151 cm³/mol. The summed E-state index contributed by atoms with van der Waals surface area (Å²) in [7, 11) is 0. The van der Waals surface area contributed by atoms with E-state index in [1.807, 2.05) is 79.3 Å². The van der Waals surface area contributed by atoms with Crippen molar-refractivity contribution < 1.29 is 4.79 Å². The van der Waals surface area contributed by atoms with E-state index in [1.54, 1.807) is 26.9 Å². The molecular weight excluding hydrogens is 578 g/mol. The van der Waals surface area contributed by atoms with Gasteiger partial charge in [-0.3, -0.25) is 4.79 Å². The Morgan fingerprint density at radius 3 is 2.79 bits per heavy atom. The first-order valence-corrected chi connectivity index (χ1v) is 13.7. The molecule has 4 aromatic heterocycles. The van der Waals surface area contributed by atoms with Gasteiger partial charge in [-0.2, -0.15) is 0 Å². The van der Waals surface area contributed by atoms with Gasteiger partial charge in [0, 0.05) is 23.4 Å². The first-order chi connectivity index (χ1) is 19.1. The fourth-order valence-corrected chi connectivity index (χ4v) is 5.39. The first kappa shape index (κ1) is 24.9. The summed E-state index contributed by atoms with van der Waals surface area (Å²) in [4.78, 5) is 18.5. The van der Waals surface area contributed by atoms with Crippen LogP contribution in [-0.2, 0) is 13.1 Å². The Balaban J connectivity index is 1.13. The van der Waals surface area contributed by atoms with Gasteiger partial charge < -0.3 is 9.88 Å². The zero-order chi connectivity index (χ0) is 26.8. The number of rotatable bonds is 8. The summed E-state index contributed by atoms with van der Waals surface area (Å²) < 4.78 is 6.30. The normalized spacial score (nSPS) is 11.1. The van der Waals surface area contributed by atoms with Gasteiger partial charge in [0.05, 0.1) is 34.7 Å². The second-order valence-electron chi connectivity index (χ2n) is 8.75. The fourth-order valence-electron chi connectivity index (χ4n) is 4.21. The number of thiophene rings is 1. The molecule has 0 radical (unpaired) electrons. The third kappa shape index (κ3) is 5.16. The molecule has 1 N–H and O–H groups in total. The zero-order valence-electron chi connectivity index (χ0n) is 20.8. The third-order valence-electron chi connectivity index (χ3n) is 6.15. The number of halogens is 1. The van der Waals surface area contributed by atoms with Crippen LogP contribution in [0, 0.1) is 6.92 Å². The minimum absolute atomic E-state index is 0.282. The van der Waals surface area contributed by atoms with Crippen LogP contribution in [0.2, 0.25) is 0 Å². The Labute approximate surface area is 236 Å². The number of hydrogen-bond donors (Lipinski definition) is 1. The van der Waals surface area contributed by atoms with Crippen LogP contribution < -0.4 is 5.32 Å². The molecule has 0 aliphatic carbocycles. The number of nitrogens with one attached hydrogen (secondary N) is 1. The average molecular weight is 601 g/mol. The number of nitrogens with zero attached hydrogens (tertiary/aromatic N) is 8. The molecule has 0 bridgehead atoms. The lowest BCUT2D eigenvalue weighted by atomic mass is 10.2. The van der Waals surface area contributed by atoms with Gasteiger partial charge in [-0.25, -0.2) is 14.3 Å². The second-order valence-corrected chi connectivity index (χ2v) is 10.6. The van der Waals surface area contributed by atoms with Crippen LogP contribution in [0.3, 0.4) is 0 Å². The topological polar surface area (TPSA) is 108 Å². The largest absolute Gasteiger partial charge is 0.347 e. The van der Waals surface area contributed by atoms with Crippen LogP contribution in [0.1, 0.15) is 27.4 Å². The molecule has 0 fully saturated rings. The SMILES string of the molecule is Cc1c(C(=O)NCc2cccc(-n3cc(Cn4ccnc4-c4cccs4)nn3)c2)nnn1-c1ccccc1Br. The molecule has 6 aromatic rings. The number of imidazole rings is 1. The standard InChI is InChI=1S/C27H22BrN9OS/c1-18-25(32-34-37(18)23-9-3-2-8-22(23)28)27(38)30-15-19-6-4-7-21(14-19)36-17-20(31-33-36)16-35-12-11-29-26(35)24-10-5-13-39-24/h2-14,17H,15-16H2,1H3,(H,30,38). The summed E-state index contributed by atoms with van der Waals surface area (Å²) in [5.74, 6) is 0.616. The summed E-state index contributed by atoms with van der Waals surface area (Å²) in [6.45, 7) is 2.71. The first-order valence-electron chi connectivity index (χ1n) is 12.1. The van der Waals surface area contributed by atoms with E-state index >= 15 is 0 Å². The average Bonchev–Trinajstić information content (AvgIpc) is 3.76. The molecule has 0 spiro atoms. The highest BCUT2D eigenvalue weighted by Crippen LogP contribution is 2.24. The van der Waals surface area contributed by atoms with Crippen LogP contribution in [0.5, 0.6) is 0 Å². The smallest absolute Gasteiger partial charge is 0.274 e. The molecule has 10 nitrogen and oxygen atoms in total. The monoisotopic (exact) mass is 599 g/mol. The van der Waals surface area contributed by atoms with Crippen molar-refractivity contribution in [1.29, 1.82) is 0 Å². The van der Waals surface area contributed by atoms with Crippen LogP contribution in [0.25, 0.3) is 22.1 Å². The second kappa shape index (κ2) is 10.8. The lowest BCUT2D eigenvalue weighted by molar-refractivity contribution is 0.0945. The molecule has 0 aliphatic heterocycles. The van der Waals surface area contributed by atoms with E-state index in [0.717, 1.165) is 37.8 Å². The minimum Gasteiger partial charge on any atom is -0.347 e. The van der Waals surface area contributed by atoms with Gasteiger partial charge >= 0.3 is 0 Å². The van der Waals surface area contributed by atoms with Gasteiger partial charge in [0.1, 0.15) is 11.5 Å². The highest BCUT2D eigenvalue weighted by molar-refractivity contribution is 9.10. The van der Waals surface area contributed by atoms with Crippen LogP contribution in [0.4, 0.5) is 0 Å². The van der Waals surface area contributed by atoms with Crippen molar-refractivity contribution in [2.75, 3.05) is 0 Å². The number of carbonyl (C=O) groups excluding carboxylic acids is 1. The molecule has 1 amide bonds. The van der Waals surface area contributed by atoms with E-state index in [-0.39, 0.29) is 11.6 Å². The van der Waals surface area contributed by atoms with E-state index in [0.29, 0.717) is 18.8 Å². The molecule has 6 rings (SSSR count). The van der Waals surface area contributed by atoms with E-state index in [1.165, 1.54) is 0 Å². The van der Waals surface area contributed by atoms with Gasteiger partial charge in [-0.1, -0.05) is 40.8 Å². The lowest BCUT2D eigenvalue weighted by Gasteiger charge is -2.08. The maximum atomic E-state index is 12.9. The van der Waals surface area contributed by atoms with Crippen molar-refractivity contribution in [1.82, 2.24) is 44.9 Å².